The van der Waals surface area contributed by atoms with Gasteiger partial charge in [-0.2, -0.15) is 0 Å². The van der Waals surface area contributed by atoms with Gasteiger partial charge in [0.15, 0.2) is 11.0 Å². The van der Waals surface area contributed by atoms with E-state index in [4.69, 9.17) is 11.6 Å². The Hall–Kier alpha value is -3.79. The SMILES string of the molecule is O=C(NCc1cc2cnccc2[nH]1)[C@@H]1CCc2c(Cl)nc(NCc3cnccn3)c(=O)n21. The number of H-pyrrole nitrogens is 1. The van der Waals surface area contributed by atoms with Crippen LogP contribution in [0.1, 0.15) is 29.5 Å². The summed E-state index contributed by atoms with van der Waals surface area (Å²) in [6.45, 7) is 0.572. The molecule has 0 unspecified atom stereocenters. The molecule has 32 heavy (non-hydrogen) atoms. The van der Waals surface area contributed by atoms with Crippen molar-refractivity contribution >= 4 is 34.2 Å². The van der Waals surface area contributed by atoms with Crippen molar-refractivity contribution in [3.05, 3.63) is 75.7 Å². The number of pyridine rings is 1. The first kappa shape index (κ1) is 20.1. The zero-order valence-corrected chi connectivity index (χ0v) is 17.6. The number of fused-ring (bicyclic) bond motifs is 2. The van der Waals surface area contributed by atoms with Gasteiger partial charge in [-0.3, -0.25) is 29.1 Å². The average molecular weight is 451 g/mol. The molecule has 0 radical (unpaired) electrons. The Kier molecular flexibility index (Phi) is 5.28. The summed E-state index contributed by atoms with van der Waals surface area (Å²) in [7, 11) is 0. The second-order valence-electron chi connectivity index (χ2n) is 7.45. The van der Waals surface area contributed by atoms with Crippen molar-refractivity contribution in [1.82, 2.24) is 34.8 Å². The van der Waals surface area contributed by atoms with Crippen LogP contribution in [0.25, 0.3) is 10.9 Å². The summed E-state index contributed by atoms with van der Waals surface area (Å²) < 4.78 is 1.44. The topological polar surface area (TPSA) is 130 Å². The molecule has 1 atom stereocenters. The van der Waals surface area contributed by atoms with Crippen LogP contribution in [0.3, 0.4) is 0 Å². The number of amides is 1. The molecule has 0 aromatic carbocycles. The first-order chi connectivity index (χ1) is 15.6. The molecular weight excluding hydrogens is 432 g/mol. The molecular formula is C21H19ClN8O2. The van der Waals surface area contributed by atoms with Crippen molar-refractivity contribution in [2.45, 2.75) is 32.0 Å². The molecule has 10 nitrogen and oxygen atoms in total. The molecule has 0 aliphatic carbocycles. The number of aromatic nitrogens is 6. The predicted molar refractivity (Wildman–Crippen MR) is 118 cm³/mol. The van der Waals surface area contributed by atoms with Gasteiger partial charge in [0.2, 0.25) is 5.91 Å². The first-order valence-corrected chi connectivity index (χ1v) is 10.5. The molecule has 0 spiro atoms. The highest BCUT2D eigenvalue weighted by atomic mass is 35.5. The van der Waals surface area contributed by atoms with E-state index >= 15 is 0 Å². The first-order valence-electron chi connectivity index (χ1n) is 10.1. The Morgan fingerprint density at radius 3 is 2.91 bits per heavy atom. The van der Waals surface area contributed by atoms with Crippen molar-refractivity contribution in [2.24, 2.45) is 0 Å². The lowest BCUT2D eigenvalue weighted by Crippen LogP contribution is -2.36. The van der Waals surface area contributed by atoms with Crippen LogP contribution in [0, 0.1) is 0 Å². The molecule has 0 bridgehead atoms. The smallest absolute Gasteiger partial charge is 0.294 e. The lowest BCUT2D eigenvalue weighted by Gasteiger charge is -2.16. The van der Waals surface area contributed by atoms with Gasteiger partial charge in [-0.25, -0.2) is 4.98 Å². The Bertz CT molecular complexity index is 1320. The summed E-state index contributed by atoms with van der Waals surface area (Å²) in [5, 5.41) is 7.05. The number of anilines is 1. The summed E-state index contributed by atoms with van der Waals surface area (Å²) in [6.07, 6.45) is 9.17. The minimum absolute atomic E-state index is 0.0761. The quantitative estimate of drug-likeness (QED) is 0.409. The summed E-state index contributed by atoms with van der Waals surface area (Å²) in [5.74, 6) is -0.169. The van der Waals surface area contributed by atoms with Gasteiger partial charge in [0.25, 0.3) is 5.56 Å². The van der Waals surface area contributed by atoms with E-state index in [0.29, 0.717) is 30.8 Å². The zero-order valence-electron chi connectivity index (χ0n) is 16.9. The van der Waals surface area contributed by atoms with Gasteiger partial charge >= 0.3 is 0 Å². The number of aromatic amines is 1. The van der Waals surface area contributed by atoms with Crippen LogP contribution in [0.5, 0.6) is 0 Å². The standard InChI is InChI=1S/C21H19ClN8O2/c22-18-16-1-2-17(20(31)27-10-13-7-12-8-23-4-3-15(12)28-13)30(16)21(32)19(29-18)26-11-14-9-24-5-6-25-14/h3-9,17,28H,1-2,10-11H2,(H,26,29)(H,27,31)/t17-/m0/s1. The van der Waals surface area contributed by atoms with Crippen molar-refractivity contribution in [2.75, 3.05) is 5.32 Å². The lowest BCUT2D eigenvalue weighted by atomic mass is 10.2. The van der Waals surface area contributed by atoms with Crippen LogP contribution in [-0.2, 0) is 24.3 Å². The summed E-state index contributed by atoms with van der Waals surface area (Å²) in [5.41, 5.74) is 2.63. The number of halogens is 1. The minimum Gasteiger partial charge on any atom is -0.360 e. The molecule has 0 fully saturated rings. The third kappa shape index (κ3) is 3.80. The number of nitrogens with zero attached hydrogens (tertiary/aromatic N) is 5. The van der Waals surface area contributed by atoms with Crippen molar-refractivity contribution in [3.8, 4) is 0 Å². The summed E-state index contributed by atoms with van der Waals surface area (Å²) in [6, 6.07) is 3.16. The fourth-order valence-electron chi connectivity index (χ4n) is 3.89. The fraction of sp³-hybridized carbons (Fsp3) is 0.238. The van der Waals surface area contributed by atoms with Crippen LogP contribution in [0.4, 0.5) is 5.82 Å². The molecule has 5 rings (SSSR count). The Morgan fingerprint density at radius 2 is 2.09 bits per heavy atom. The normalized spacial score (nSPS) is 15.0. The van der Waals surface area contributed by atoms with Gasteiger partial charge in [-0.15, -0.1) is 0 Å². The Labute approximate surface area is 187 Å². The molecule has 4 aromatic heterocycles. The monoisotopic (exact) mass is 450 g/mol. The van der Waals surface area contributed by atoms with Crippen LogP contribution in [-0.4, -0.2) is 35.4 Å². The van der Waals surface area contributed by atoms with Crippen LogP contribution < -0.4 is 16.2 Å². The van der Waals surface area contributed by atoms with E-state index in [1.807, 2.05) is 12.1 Å². The highest BCUT2D eigenvalue weighted by Crippen LogP contribution is 2.29. The molecule has 1 aliphatic rings. The summed E-state index contributed by atoms with van der Waals surface area (Å²) in [4.78, 5) is 45.7. The second-order valence-corrected chi connectivity index (χ2v) is 7.81. The van der Waals surface area contributed by atoms with Crippen molar-refractivity contribution < 1.29 is 4.79 Å². The van der Waals surface area contributed by atoms with Crippen molar-refractivity contribution in [3.63, 3.8) is 0 Å². The van der Waals surface area contributed by atoms with Gasteiger partial charge in [0, 0.05) is 41.4 Å². The predicted octanol–water partition coefficient (Wildman–Crippen LogP) is 1.98. The maximum atomic E-state index is 13.1. The molecule has 11 heteroatoms. The van der Waals surface area contributed by atoms with Gasteiger partial charge in [-0.05, 0) is 25.0 Å². The van der Waals surface area contributed by atoms with E-state index in [2.05, 4.69) is 35.6 Å². The number of nitrogens with one attached hydrogen (secondary N) is 3. The van der Waals surface area contributed by atoms with E-state index in [1.165, 1.54) is 4.57 Å². The molecule has 4 aromatic rings. The third-order valence-electron chi connectivity index (χ3n) is 5.41. The number of hydrogen-bond donors (Lipinski definition) is 3. The van der Waals surface area contributed by atoms with Crippen LogP contribution >= 0.6 is 11.6 Å². The Balaban J connectivity index is 1.34. The minimum atomic E-state index is -0.652. The largest absolute Gasteiger partial charge is 0.360 e. The van der Waals surface area contributed by atoms with Gasteiger partial charge in [0.05, 0.1) is 30.7 Å². The maximum absolute atomic E-state index is 13.1. The van der Waals surface area contributed by atoms with E-state index in [-0.39, 0.29) is 29.0 Å². The van der Waals surface area contributed by atoms with Crippen LogP contribution in [0.15, 0.2) is 47.9 Å². The highest BCUT2D eigenvalue weighted by molar-refractivity contribution is 6.30. The molecule has 1 amide bonds. The average Bonchev–Trinajstić information content (AvgIpc) is 3.44. The Morgan fingerprint density at radius 1 is 1.22 bits per heavy atom. The molecule has 3 N–H and O–H groups in total. The molecule has 0 saturated carbocycles. The summed E-state index contributed by atoms with van der Waals surface area (Å²) >= 11 is 6.34. The van der Waals surface area contributed by atoms with E-state index in [9.17, 15) is 9.59 Å². The fourth-order valence-corrected chi connectivity index (χ4v) is 4.16. The molecule has 0 saturated heterocycles. The highest BCUT2D eigenvalue weighted by Gasteiger charge is 2.32. The molecule has 1 aliphatic heterocycles. The van der Waals surface area contributed by atoms with E-state index in [0.717, 1.165) is 16.6 Å². The number of carbonyl (C=O) groups excluding carboxylic acids is 1. The lowest BCUT2D eigenvalue weighted by molar-refractivity contribution is -0.124. The number of rotatable bonds is 6. The third-order valence-corrected chi connectivity index (χ3v) is 5.72. The zero-order chi connectivity index (χ0) is 22.1. The van der Waals surface area contributed by atoms with Crippen LogP contribution in [0.2, 0.25) is 5.15 Å². The maximum Gasteiger partial charge on any atom is 0.294 e. The van der Waals surface area contributed by atoms with Gasteiger partial charge < -0.3 is 15.6 Å². The van der Waals surface area contributed by atoms with Gasteiger partial charge in [0.1, 0.15) is 6.04 Å². The van der Waals surface area contributed by atoms with E-state index < -0.39 is 6.04 Å². The second kappa shape index (κ2) is 8.39. The number of hydrogen-bond acceptors (Lipinski definition) is 7. The molecule has 162 valence electrons. The number of carbonyl (C=O) groups is 1. The van der Waals surface area contributed by atoms with E-state index in [1.54, 1.807) is 31.0 Å². The van der Waals surface area contributed by atoms with Crippen molar-refractivity contribution in [1.29, 1.82) is 0 Å². The molecule has 5 heterocycles. The van der Waals surface area contributed by atoms with Gasteiger partial charge in [-0.1, -0.05) is 11.6 Å².